The summed E-state index contributed by atoms with van der Waals surface area (Å²) in [7, 11) is 0. The Hall–Kier alpha value is -0.900. The van der Waals surface area contributed by atoms with Crippen molar-refractivity contribution in [2.45, 2.75) is 19.4 Å². The van der Waals surface area contributed by atoms with Crippen LogP contribution in [0, 0.1) is 5.82 Å². The minimum absolute atomic E-state index is 0.216. The van der Waals surface area contributed by atoms with Crippen molar-refractivity contribution in [2.24, 2.45) is 0 Å². The molecule has 18 heavy (non-hydrogen) atoms. The summed E-state index contributed by atoms with van der Waals surface area (Å²) in [5.74, 6) is -0.216. The first-order valence-corrected chi connectivity index (χ1v) is 7.17. The lowest BCUT2D eigenvalue weighted by molar-refractivity contribution is 0.614. The van der Waals surface area contributed by atoms with Crippen molar-refractivity contribution >= 4 is 22.9 Å². The van der Waals surface area contributed by atoms with Gasteiger partial charge in [-0.25, -0.2) is 4.39 Å². The molecule has 0 fully saturated rings. The average Bonchev–Trinajstić information content (AvgIpc) is 2.76. The van der Waals surface area contributed by atoms with Gasteiger partial charge in [-0.1, -0.05) is 17.7 Å². The van der Waals surface area contributed by atoms with Crippen LogP contribution in [-0.4, -0.2) is 6.54 Å². The molecule has 1 nitrogen and oxygen atoms in total. The third-order valence-corrected chi connectivity index (χ3v) is 4.80. The van der Waals surface area contributed by atoms with Gasteiger partial charge in [0.25, 0.3) is 0 Å². The third kappa shape index (κ3) is 2.30. The minimum Gasteiger partial charge on any atom is -0.312 e. The Morgan fingerprint density at radius 2 is 2.28 bits per heavy atom. The van der Waals surface area contributed by atoms with E-state index >= 15 is 0 Å². The van der Waals surface area contributed by atoms with Gasteiger partial charge >= 0.3 is 0 Å². The lowest BCUT2D eigenvalue weighted by atomic mass is 10.1. The van der Waals surface area contributed by atoms with Crippen LogP contribution >= 0.6 is 22.9 Å². The molecule has 3 rings (SSSR count). The normalized spacial score (nSPS) is 14.6. The highest BCUT2D eigenvalue weighted by molar-refractivity contribution is 7.12. The van der Waals surface area contributed by atoms with Crippen molar-refractivity contribution in [1.82, 2.24) is 5.32 Å². The van der Waals surface area contributed by atoms with E-state index in [1.54, 1.807) is 23.5 Å². The summed E-state index contributed by atoms with van der Waals surface area (Å²) >= 11 is 7.84. The Balaban J connectivity index is 1.90. The summed E-state index contributed by atoms with van der Waals surface area (Å²) in [6, 6.07) is 7.03. The van der Waals surface area contributed by atoms with E-state index in [1.165, 1.54) is 21.4 Å². The molecule has 1 aliphatic heterocycles. The Labute approximate surface area is 115 Å². The summed E-state index contributed by atoms with van der Waals surface area (Å²) in [5, 5.41) is 3.86. The number of benzene rings is 1. The van der Waals surface area contributed by atoms with Crippen molar-refractivity contribution in [1.29, 1.82) is 0 Å². The fraction of sp³-hybridized carbons (Fsp3) is 0.286. The van der Waals surface area contributed by atoms with E-state index < -0.39 is 0 Å². The second-order valence-electron chi connectivity index (χ2n) is 4.46. The van der Waals surface area contributed by atoms with Gasteiger partial charge in [-0.15, -0.1) is 11.3 Å². The molecule has 2 aromatic rings. The number of rotatable bonds is 2. The fourth-order valence-electron chi connectivity index (χ4n) is 2.28. The van der Waals surface area contributed by atoms with Gasteiger partial charge in [0.05, 0.1) is 0 Å². The van der Waals surface area contributed by atoms with Gasteiger partial charge in [-0.3, -0.25) is 0 Å². The molecule has 0 bridgehead atoms. The van der Waals surface area contributed by atoms with Gasteiger partial charge in [0.15, 0.2) is 0 Å². The van der Waals surface area contributed by atoms with Gasteiger partial charge in [0, 0.05) is 39.9 Å². The van der Waals surface area contributed by atoms with E-state index in [4.69, 9.17) is 11.6 Å². The Morgan fingerprint density at radius 1 is 1.39 bits per heavy atom. The van der Waals surface area contributed by atoms with Crippen LogP contribution in [0.3, 0.4) is 0 Å². The zero-order valence-electron chi connectivity index (χ0n) is 9.80. The molecule has 1 aromatic carbocycles. The van der Waals surface area contributed by atoms with Gasteiger partial charge in [-0.2, -0.15) is 0 Å². The molecule has 0 radical (unpaired) electrons. The summed E-state index contributed by atoms with van der Waals surface area (Å²) < 4.78 is 13.7. The van der Waals surface area contributed by atoms with Crippen molar-refractivity contribution in [2.75, 3.05) is 6.54 Å². The first-order valence-electron chi connectivity index (χ1n) is 5.98. The lowest BCUT2D eigenvalue weighted by Gasteiger charge is -2.10. The highest BCUT2D eigenvalue weighted by Crippen LogP contribution is 2.29. The number of nitrogens with one attached hydrogen (secondary N) is 1. The fourth-order valence-corrected chi connectivity index (χ4v) is 3.71. The lowest BCUT2D eigenvalue weighted by Crippen LogP contribution is -2.21. The van der Waals surface area contributed by atoms with Crippen molar-refractivity contribution in [3.63, 3.8) is 0 Å². The molecule has 4 heteroatoms. The van der Waals surface area contributed by atoms with Crippen LogP contribution < -0.4 is 5.32 Å². The molecule has 1 N–H and O–H groups in total. The zero-order valence-corrected chi connectivity index (χ0v) is 11.4. The molecular formula is C14H13ClFNS. The number of fused-ring (bicyclic) bond motifs is 1. The molecule has 2 heterocycles. The predicted molar refractivity (Wildman–Crippen MR) is 73.9 cm³/mol. The molecule has 0 spiro atoms. The van der Waals surface area contributed by atoms with Crippen LogP contribution in [0.25, 0.3) is 0 Å². The van der Waals surface area contributed by atoms with E-state index in [0.717, 1.165) is 19.5 Å². The van der Waals surface area contributed by atoms with E-state index in [1.807, 2.05) is 0 Å². The molecule has 0 amide bonds. The summed E-state index contributed by atoms with van der Waals surface area (Å²) in [6.45, 7) is 1.96. The van der Waals surface area contributed by atoms with Crippen LogP contribution in [0.1, 0.15) is 20.9 Å². The molecule has 0 saturated carbocycles. The largest absolute Gasteiger partial charge is 0.312 e. The molecule has 0 unspecified atom stereocenters. The molecule has 94 valence electrons. The summed E-state index contributed by atoms with van der Waals surface area (Å²) in [4.78, 5) is 2.62. The smallest absolute Gasteiger partial charge is 0.128 e. The number of hydrogen-bond donors (Lipinski definition) is 1. The quantitative estimate of drug-likeness (QED) is 0.883. The minimum atomic E-state index is -0.216. The van der Waals surface area contributed by atoms with E-state index in [0.29, 0.717) is 17.0 Å². The van der Waals surface area contributed by atoms with Crippen molar-refractivity contribution < 1.29 is 4.39 Å². The SMILES string of the molecule is Fc1cccc(Cl)c1Cc1cc2c(s1)CCNC2. The average molecular weight is 282 g/mol. The molecule has 1 aliphatic rings. The topological polar surface area (TPSA) is 12.0 Å². The van der Waals surface area contributed by atoms with E-state index in [-0.39, 0.29) is 5.82 Å². The monoisotopic (exact) mass is 281 g/mol. The number of halogens is 2. The maximum absolute atomic E-state index is 13.7. The van der Waals surface area contributed by atoms with Gasteiger partial charge in [-0.05, 0) is 30.2 Å². The second-order valence-corrected chi connectivity index (χ2v) is 6.09. The first kappa shape index (κ1) is 12.2. The summed E-state index contributed by atoms with van der Waals surface area (Å²) in [6.07, 6.45) is 1.66. The maximum atomic E-state index is 13.7. The van der Waals surface area contributed by atoms with E-state index in [2.05, 4.69) is 11.4 Å². The van der Waals surface area contributed by atoms with Crippen LogP contribution in [-0.2, 0) is 19.4 Å². The van der Waals surface area contributed by atoms with Crippen molar-refractivity contribution in [3.05, 3.63) is 56.0 Å². The van der Waals surface area contributed by atoms with Crippen LogP contribution in [0.4, 0.5) is 4.39 Å². The Morgan fingerprint density at radius 3 is 3.06 bits per heavy atom. The second kappa shape index (κ2) is 5.00. The van der Waals surface area contributed by atoms with Gasteiger partial charge in [0.2, 0.25) is 0 Å². The highest BCUT2D eigenvalue weighted by atomic mass is 35.5. The van der Waals surface area contributed by atoms with Gasteiger partial charge < -0.3 is 5.32 Å². The molecule has 1 aromatic heterocycles. The van der Waals surface area contributed by atoms with E-state index in [9.17, 15) is 4.39 Å². The highest BCUT2D eigenvalue weighted by Gasteiger charge is 2.15. The first-order chi connectivity index (χ1) is 8.74. The number of thiophene rings is 1. The van der Waals surface area contributed by atoms with Crippen LogP contribution in [0.5, 0.6) is 0 Å². The molecule has 0 saturated heterocycles. The Bertz CT molecular complexity index is 535. The van der Waals surface area contributed by atoms with Crippen LogP contribution in [0.2, 0.25) is 5.02 Å². The predicted octanol–water partition coefficient (Wildman–Crippen LogP) is 3.78. The van der Waals surface area contributed by atoms with Gasteiger partial charge in [0.1, 0.15) is 5.82 Å². The summed E-state index contributed by atoms with van der Waals surface area (Å²) in [5.41, 5.74) is 1.96. The number of hydrogen-bond acceptors (Lipinski definition) is 2. The Kier molecular flexibility index (Phi) is 3.37. The molecular weight excluding hydrogens is 269 g/mol. The van der Waals surface area contributed by atoms with Crippen molar-refractivity contribution in [3.8, 4) is 0 Å². The van der Waals surface area contributed by atoms with Crippen LogP contribution in [0.15, 0.2) is 24.3 Å². The maximum Gasteiger partial charge on any atom is 0.128 e. The third-order valence-electron chi connectivity index (χ3n) is 3.20. The standard InChI is InChI=1S/C14H13ClFNS/c15-12-2-1-3-13(16)11(12)7-10-6-9-8-17-5-4-14(9)18-10/h1-3,6,17H,4-5,7-8H2. The zero-order chi connectivity index (χ0) is 12.5. The molecule has 0 aliphatic carbocycles. The molecule has 0 atom stereocenters.